The smallest absolute Gasteiger partial charge is 0.262 e. The lowest BCUT2D eigenvalue weighted by atomic mass is 9.84. The van der Waals surface area contributed by atoms with Gasteiger partial charge in [0.2, 0.25) is 5.91 Å². The Balaban J connectivity index is 1.38. The number of ether oxygens (including phenoxy) is 1. The van der Waals surface area contributed by atoms with Crippen molar-refractivity contribution in [1.29, 1.82) is 0 Å². The van der Waals surface area contributed by atoms with Crippen LogP contribution in [0.1, 0.15) is 59.5 Å². The van der Waals surface area contributed by atoms with Crippen LogP contribution in [-0.2, 0) is 14.3 Å². The summed E-state index contributed by atoms with van der Waals surface area (Å²) in [6.45, 7) is 10.8. The normalized spacial score (nSPS) is 20.2. The van der Waals surface area contributed by atoms with Gasteiger partial charge >= 0.3 is 0 Å². The van der Waals surface area contributed by atoms with Crippen molar-refractivity contribution < 1.29 is 14.3 Å². The molecular weight excluding hydrogens is 476 g/mol. The molecule has 7 nitrogen and oxygen atoms in total. The van der Waals surface area contributed by atoms with Crippen LogP contribution in [0, 0.1) is 26.7 Å². The van der Waals surface area contributed by atoms with Gasteiger partial charge in [-0.3, -0.25) is 14.5 Å². The van der Waals surface area contributed by atoms with Crippen LogP contribution in [0.15, 0.2) is 47.6 Å². The molecule has 2 aromatic carbocycles. The van der Waals surface area contributed by atoms with Crippen molar-refractivity contribution in [2.45, 2.75) is 52.5 Å². The molecule has 0 aromatic heterocycles. The fraction of sp³-hybridized carbons (Fsp3) is 0.516. The summed E-state index contributed by atoms with van der Waals surface area (Å²) in [5, 5.41) is 6.53. The monoisotopic (exact) mass is 516 g/mol. The molecule has 2 aliphatic heterocycles. The van der Waals surface area contributed by atoms with Crippen LogP contribution >= 0.6 is 0 Å². The summed E-state index contributed by atoms with van der Waals surface area (Å²) < 4.78 is 5.47. The Morgan fingerprint density at radius 1 is 1.00 bits per heavy atom. The Morgan fingerprint density at radius 3 is 2.39 bits per heavy atom. The van der Waals surface area contributed by atoms with Gasteiger partial charge in [0.1, 0.15) is 6.54 Å². The van der Waals surface area contributed by atoms with Gasteiger partial charge in [-0.2, -0.15) is 5.10 Å². The third-order valence-electron chi connectivity index (χ3n) is 8.35. The van der Waals surface area contributed by atoms with E-state index in [1.807, 2.05) is 0 Å². The second kappa shape index (κ2) is 11.8. The van der Waals surface area contributed by atoms with E-state index in [1.54, 1.807) is 9.91 Å². The quantitative estimate of drug-likeness (QED) is 0.526. The molecule has 2 heterocycles. The first-order chi connectivity index (χ1) is 18.4. The zero-order valence-corrected chi connectivity index (χ0v) is 23.0. The number of carbonyl (C=O) groups is 2. The van der Waals surface area contributed by atoms with E-state index in [0.717, 1.165) is 68.9 Å². The van der Waals surface area contributed by atoms with Crippen LogP contribution in [0.2, 0.25) is 0 Å². The molecule has 1 saturated carbocycles. The van der Waals surface area contributed by atoms with E-state index in [9.17, 15) is 9.59 Å². The highest BCUT2D eigenvalue weighted by Gasteiger charge is 2.36. The molecule has 7 heteroatoms. The minimum Gasteiger partial charge on any atom is -0.379 e. The molecule has 5 rings (SSSR count). The van der Waals surface area contributed by atoms with Gasteiger partial charge in [-0.05, 0) is 61.9 Å². The lowest BCUT2D eigenvalue weighted by Gasteiger charge is -2.34. The van der Waals surface area contributed by atoms with E-state index in [1.165, 1.54) is 16.7 Å². The highest BCUT2D eigenvalue weighted by atomic mass is 16.5. The predicted octanol–water partition coefficient (Wildman–Crippen LogP) is 4.25. The number of hydrogen-bond donors (Lipinski definition) is 0. The highest BCUT2D eigenvalue weighted by Crippen LogP contribution is 2.34. The van der Waals surface area contributed by atoms with E-state index in [0.29, 0.717) is 13.0 Å². The summed E-state index contributed by atoms with van der Waals surface area (Å²) >= 11 is 0. The third kappa shape index (κ3) is 6.00. The van der Waals surface area contributed by atoms with Gasteiger partial charge in [-0.15, -0.1) is 0 Å². The molecule has 3 aliphatic rings. The maximum atomic E-state index is 13.9. The highest BCUT2D eigenvalue weighted by molar-refractivity contribution is 6.03. The molecule has 0 N–H and O–H groups in total. The maximum Gasteiger partial charge on any atom is 0.262 e. The Bertz CT molecular complexity index is 1180. The summed E-state index contributed by atoms with van der Waals surface area (Å²) in [5.74, 6) is 0.0416. The molecule has 1 atom stereocenters. The minimum atomic E-state index is -0.181. The molecule has 1 unspecified atom stereocenters. The number of rotatable bonds is 8. The summed E-state index contributed by atoms with van der Waals surface area (Å²) in [7, 11) is 0. The number of benzene rings is 2. The second-order valence-electron chi connectivity index (χ2n) is 11.1. The van der Waals surface area contributed by atoms with Crippen molar-refractivity contribution >= 4 is 17.5 Å². The van der Waals surface area contributed by atoms with Crippen LogP contribution in [0.3, 0.4) is 0 Å². The Morgan fingerprint density at radius 2 is 1.74 bits per heavy atom. The number of aryl methyl sites for hydroxylation is 3. The minimum absolute atomic E-state index is 0.0496. The molecule has 38 heavy (non-hydrogen) atoms. The summed E-state index contributed by atoms with van der Waals surface area (Å²) in [5.41, 5.74) is 6.66. The number of hydrogen-bond acceptors (Lipinski definition) is 5. The van der Waals surface area contributed by atoms with E-state index in [2.05, 4.69) is 68.1 Å². The predicted molar refractivity (Wildman–Crippen MR) is 149 cm³/mol. The van der Waals surface area contributed by atoms with Crippen LogP contribution in [0.4, 0.5) is 0 Å². The first-order valence-electron chi connectivity index (χ1n) is 14.0. The third-order valence-corrected chi connectivity index (χ3v) is 8.35. The lowest BCUT2D eigenvalue weighted by Crippen LogP contribution is -2.49. The second-order valence-corrected chi connectivity index (χ2v) is 11.1. The summed E-state index contributed by atoms with van der Waals surface area (Å²) in [4.78, 5) is 31.4. The average Bonchev–Trinajstić information content (AvgIpc) is 3.34. The van der Waals surface area contributed by atoms with Gasteiger partial charge in [-0.25, -0.2) is 5.01 Å². The van der Waals surface area contributed by atoms with E-state index < -0.39 is 0 Å². The van der Waals surface area contributed by atoms with E-state index in [-0.39, 0.29) is 30.3 Å². The van der Waals surface area contributed by atoms with Crippen molar-refractivity contribution in [2.75, 3.05) is 45.9 Å². The molecule has 2 fully saturated rings. The summed E-state index contributed by atoms with van der Waals surface area (Å²) in [6, 6.07) is 14.5. The van der Waals surface area contributed by atoms with Gasteiger partial charge in [-0.1, -0.05) is 48.4 Å². The number of hydrazone groups is 1. The summed E-state index contributed by atoms with van der Waals surface area (Å²) in [6.07, 6.45) is 3.59. The molecule has 0 radical (unpaired) electrons. The van der Waals surface area contributed by atoms with Crippen molar-refractivity contribution in [3.8, 4) is 0 Å². The topological polar surface area (TPSA) is 65.5 Å². The molecule has 1 aliphatic carbocycles. The molecule has 202 valence electrons. The first-order valence-corrected chi connectivity index (χ1v) is 14.0. The molecule has 2 amide bonds. The average molecular weight is 517 g/mol. The zero-order chi connectivity index (χ0) is 26.6. The molecule has 2 aromatic rings. The van der Waals surface area contributed by atoms with Gasteiger partial charge in [0.05, 0.1) is 25.0 Å². The largest absolute Gasteiger partial charge is 0.379 e. The number of amides is 2. The number of carbonyl (C=O) groups excluding carboxylic acids is 2. The standard InChI is InChI=1S/C31H40N4O3/c1-22-7-10-25(11-8-22)29-20-28(27-12-9-23(2)24(3)19-27)32-35(29)30(36)21-34(31(37)26-5-4-6-26)14-13-33-15-17-38-18-16-33/h7-12,19,26,29H,4-6,13-18,20-21H2,1-3H3. The molecule has 0 spiro atoms. The van der Waals surface area contributed by atoms with E-state index in [4.69, 9.17) is 9.84 Å². The van der Waals surface area contributed by atoms with Gasteiger partial charge in [0.15, 0.2) is 0 Å². The molecule has 0 bridgehead atoms. The first kappa shape index (κ1) is 26.6. The lowest BCUT2D eigenvalue weighted by molar-refractivity contribution is -0.145. The van der Waals surface area contributed by atoms with Gasteiger partial charge in [0, 0.05) is 38.5 Å². The molecule has 1 saturated heterocycles. The Kier molecular flexibility index (Phi) is 8.24. The SMILES string of the molecule is Cc1ccc(C2CC(c3ccc(C)c(C)c3)=NN2C(=O)CN(CCN2CCOCC2)C(=O)C2CCC2)cc1. The maximum absolute atomic E-state index is 13.9. The van der Waals surface area contributed by atoms with Gasteiger partial charge < -0.3 is 9.64 Å². The number of morpholine rings is 1. The van der Waals surface area contributed by atoms with Crippen LogP contribution in [0.25, 0.3) is 0 Å². The van der Waals surface area contributed by atoms with Crippen LogP contribution < -0.4 is 0 Å². The van der Waals surface area contributed by atoms with E-state index >= 15 is 0 Å². The molecular formula is C31H40N4O3. The fourth-order valence-electron chi connectivity index (χ4n) is 5.39. The zero-order valence-electron chi connectivity index (χ0n) is 23.0. The van der Waals surface area contributed by atoms with Crippen LogP contribution in [-0.4, -0.2) is 78.3 Å². The van der Waals surface area contributed by atoms with Crippen molar-refractivity contribution in [3.63, 3.8) is 0 Å². The van der Waals surface area contributed by atoms with Crippen molar-refractivity contribution in [3.05, 3.63) is 70.3 Å². The van der Waals surface area contributed by atoms with Crippen molar-refractivity contribution in [2.24, 2.45) is 11.0 Å². The van der Waals surface area contributed by atoms with Crippen molar-refractivity contribution in [1.82, 2.24) is 14.8 Å². The Labute approximate surface area is 226 Å². The fourth-order valence-corrected chi connectivity index (χ4v) is 5.39. The Hall–Kier alpha value is -3.03. The van der Waals surface area contributed by atoms with Gasteiger partial charge in [0.25, 0.3) is 5.91 Å². The number of nitrogens with zero attached hydrogens (tertiary/aromatic N) is 4. The van der Waals surface area contributed by atoms with Crippen LogP contribution in [0.5, 0.6) is 0 Å².